The van der Waals surface area contributed by atoms with Gasteiger partial charge in [-0.15, -0.1) is 0 Å². The molecule has 38 heavy (non-hydrogen) atoms. The third kappa shape index (κ3) is 4.80. The Labute approximate surface area is 213 Å². The number of morpholine rings is 1. The highest BCUT2D eigenvalue weighted by Crippen LogP contribution is 2.34. The topological polar surface area (TPSA) is 73.9 Å². The second-order valence-electron chi connectivity index (χ2n) is 8.90. The van der Waals surface area contributed by atoms with Crippen LogP contribution in [0.15, 0.2) is 43.0 Å². The summed E-state index contributed by atoms with van der Waals surface area (Å²) in [5.74, 6) is -2.02. The number of rotatable bonds is 4. The second-order valence-corrected chi connectivity index (χ2v) is 8.90. The van der Waals surface area contributed by atoms with Crippen LogP contribution in [0.2, 0.25) is 0 Å². The lowest BCUT2D eigenvalue weighted by Crippen LogP contribution is -2.46. The Balaban J connectivity index is 1.56. The fourth-order valence-electron chi connectivity index (χ4n) is 4.49. The Morgan fingerprint density at radius 2 is 1.95 bits per heavy atom. The van der Waals surface area contributed by atoms with E-state index in [1.807, 2.05) is 13.0 Å². The van der Waals surface area contributed by atoms with Crippen LogP contribution in [0, 0.1) is 18.6 Å². The fraction of sp³-hybridized carbons (Fsp3) is 0.320. The van der Waals surface area contributed by atoms with Crippen LogP contribution >= 0.6 is 0 Å². The first kappa shape index (κ1) is 25.6. The molecule has 0 unspecified atom stereocenters. The van der Waals surface area contributed by atoms with Crippen molar-refractivity contribution >= 4 is 11.7 Å². The lowest BCUT2D eigenvalue weighted by Gasteiger charge is -2.32. The number of pyridine rings is 1. The third-order valence-electron chi connectivity index (χ3n) is 6.31. The molecule has 4 aromatic rings. The number of aryl methyl sites for hydroxylation is 1. The average Bonchev–Trinajstić information content (AvgIpc) is 3.49. The van der Waals surface area contributed by atoms with E-state index in [9.17, 15) is 18.0 Å². The SMILES string of the molecule is COC(=O)N1CCO[C@@H](Cc2c(-c3c(F)cc(-n4cnc(C(F)(F)F)c4)cc3F)nc3cc(C)ccn23)C1. The fourth-order valence-corrected chi connectivity index (χ4v) is 4.49. The highest BCUT2D eigenvalue weighted by molar-refractivity contribution is 5.70. The molecule has 1 aromatic carbocycles. The number of carbonyl (C=O) groups excluding carboxylic acids is 1. The van der Waals surface area contributed by atoms with Gasteiger partial charge in [0.2, 0.25) is 0 Å². The molecule has 1 atom stereocenters. The van der Waals surface area contributed by atoms with E-state index in [1.165, 1.54) is 12.0 Å². The number of amides is 1. The number of nitrogens with zero attached hydrogens (tertiary/aromatic N) is 5. The van der Waals surface area contributed by atoms with Crippen LogP contribution in [0.25, 0.3) is 22.6 Å². The Morgan fingerprint density at radius 1 is 1.21 bits per heavy atom. The van der Waals surface area contributed by atoms with Gasteiger partial charge in [-0.2, -0.15) is 13.2 Å². The van der Waals surface area contributed by atoms with Crippen molar-refractivity contribution in [2.45, 2.75) is 25.6 Å². The number of benzene rings is 1. The Morgan fingerprint density at radius 3 is 2.61 bits per heavy atom. The number of ether oxygens (including phenoxy) is 2. The van der Waals surface area contributed by atoms with Gasteiger partial charge in [0.1, 0.15) is 17.3 Å². The summed E-state index contributed by atoms with van der Waals surface area (Å²) >= 11 is 0. The van der Waals surface area contributed by atoms with Crippen LogP contribution in [-0.2, 0) is 22.1 Å². The molecule has 0 bridgehead atoms. The smallest absolute Gasteiger partial charge is 0.434 e. The van der Waals surface area contributed by atoms with E-state index in [0.717, 1.165) is 28.6 Å². The van der Waals surface area contributed by atoms with Crippen molar-refractivity contribution in [3.63, 3.8) is 0 Å². The summed E-state index contributed by atoms with van der Waals surface area (Å²) in [7, 11) is 1.28. The molecule has 13 heteroatoms. The van der Waals surface area contributed by atoms with Crippen molar-refractivity contribution in [2.75, 3.05) is 26.8 Å². The van der Waals surface area contributed by atoms with Crippen LogP contribution < -0.4 is 0 Å². The zero-order valence-corrected chi connectivity index (χ0v) is 20.3. The van der Waals surface area contributed by atoms with Gasteiger partial charge in [-0.05, 0) is 36.8 Å². The quantitative estimate of drug-likeness (QED) is 0.351. The molecule has 3 aromatic heterocycles. The lowest BCUT2D eigenvalue weighted by atomic mass is 10.0. The summed E-state index contributed by atoms with van der Waals surface area (Å²) in [5.41, 5.74) is 0.0148. The predicted octanol–water partition coefficient (Wildman–Crippen LogP) is 4.80. The van der Waals surface area contributed by atoms with Gasteiger partial charge in [-0.1, -0.05) is 0 Å². The largest absolute Gasteiger partial charge is 0.453 e. The van der Waals surface area contributed by atoms with E-state index in [2.05, 4.69) is 9.97 Å². The number of hydrogen-bond acceptors (Lipinski definition) is 5. The number of carbonyl (C=O) groups is 1. The lowest BCUT2D eigenvalue weighted by molar-refractivity contribution is -0.140. The monoisotopic (exact) mass is 535 g/mol. The maximum absolute atomic E-state index is 15.5. The number of fused-ring (bicyclic) bond motifs is 1. The normalized spacial score (nSPS) is 16.3. The van der Waals surface area contributed by atoms with Crippen molar-refractivity contribution in [1.29, 1.82) is 0 Å². The minimum atomic E-state index is -4.70. The Bertz CT molecular complexity index is 1490. The van der Waals surface area contributed by atoms with Gasteiger partial charge in [-0.25, -0.2) is 23.5 Å². The number of halogens is 5. The molecule has 0 saturated carbocycles. The maximum atomic E-state index is 15.5. The molecule has 1 fully saturated rings. The summed E-state index contributed by atoms with van der Waals surface area (Å²) in [6.45, 7) is 2.66. The molecule has 4 heterocycles. The highest BCUT2D eigenvalue weighted by atomic mass is 19.4. The molecule has 0 spiro atoms. The van der Waals surface area contributed by atoms with Crippen molar-refractivity contribution in [3.05, 3.63) is 71.6 Å². The van der Waals surface area contributed by atoms with E-state index in [4.69, 9.17) is 9.47 Å². The van der Waals surface area contributed by atoms with Crippen LogP contribution in [0.3, 0.4) is 0 Å². The Kier molecular flexibility index (Phi) is 6.55. The molecule has 5 rings (SSSR count). The molecule has 1 saturated heterocycles. The molecule has 0 N–H and O–H groups in total. The van der Waals surface area contributed by atoms with Crippen molar-refractivity contribution < 1.29 is 36.2 Å². The van der Waals surface area contributed by atoms with E-state index >= 15 is 8.78 Å². The molecule has 1 aliphatic rings. The van der Waals surface area contributed by atoms with Crippen molar-refractivity contribution in [2.24, 2.45) is 0 Å². The van der Waals surface area contributed by atoms with E-state index < -0.39 is 41.3 Å². The average molecular weight is 535 g/mol. The molecular formula is C25H22F5N5O3. The molecule has 0 radical (unpaired) electrons. The molecule has 1 aliphatic heterocycles. The first-order valence-corrected chi connectivity index (χ1v) is 11.6. The van der Waals surface area contributed by atoms with Crippen LogP contribution in [0.1, 0.15) is 17.0 Å². The summed E-state index contributed by atoms with van der Waals surface area (Å²) < 4.78 is 83.0. The molecule has 0 aliphatic carbocycles. The van der Waals surface area contributed by atoms with Gasteiger partial charge in [0, 0.05) is 25.4 Å². The van der Waals surface area contributed by atoms with E-state index in [-0.39, 0.29) is 31.0 Å². The zero-order chi connectivity index (χ0) is 27.2. The third-order valence-corrected chi connectivity index (χ3v) is 6.31. The van der Waals surface area contributed by atoms with Crippen LogP contribution in [0.5, 0.6) is 0 Å². The maximum Gasteiger partial charge on any atom is 0.434 e. The van der Waals surface area contributed by atoms with E-state index in [0.29, 0.717) is 24.1 Å². The number of alkyl halides is 3. The van der Waals surface area contributed by atoms with Gasteiger partial charge in [-0.3, -0.25) is 0 Å². The summed E-state index contributed by atoms with van der Waals surface area (Å²) in [6, 6.07) is 5.42. The van der Waals surface area contributed by atoms with Crippen molar-refractivity contribution in [3.8, 4) is 16.9 Å². The minimum Gasteiger partial charge on any atom is -0.453 e. The highest BCUT2D eigenvalue weighted by Gasteiger charge is 2.34. The molecule has 8 nitrogen and oxygen atoms in total. The zero-order valence-electron chi connectivity index (χ0n) is 20.3. The summed E-state index contributed by atoms with van der Waals surface area (Å²) in [4.78, 5) is 21.3. The number of imidazole rings is 2. The van der Waals surface area contributed by atoms with Crippen LogP contribution in [0.4, 0.5) is 26.7 Å². The second kappa shape index (κ2) is 9.71. The number of hydrogen-bond donors (Lipinski definition) is 0. The van der Waals surface area contributed by atoms with Gasteiger partial charge in [0.05, 0.1) is 55.3 Å². The van der Waals surface area contributed by atoms with Gasteiger partial charge in [0.25, 0.3) is 0 Å². The molecular weight excluding hydrogens is 513 g/mol. The van der Waals surface area contributed by atoms with Crippen molar-refractivity contribution in [1.82, 2.24) is 23.8 Å². The van der Waals surface area contributed by atoms with Crippen LogP contribution in [-0.4, -0.2) is 62.8 Å². The first-order chi connectivity index (χ1) is 18.0. The molecule has 200 valence electrons. The van der Waals surface area contributed by atoms with Gasteiger partial charge in [0.15, 0.2) is 5.69 Å². The number of methoxy groups -OCH3 is 1. The first-order valence-electron chi connectivity index (χ1n) is 11.6. The summed E-state index contributed by atoms with van der Waals surface area (Å²) in [6.07, 6.45) is -2.32. The van der Waals surface area contributed by atoms with E-state index in [1.54, 1.807) is 16.7 Å². The standard InChI is InChI=1S/C25H22F5N5O3/c1-14-3-4-35-19(10-16-11-33(5-6-38-16)24(36)37-2)23(32-21(35)7-14)22-17(26)8-15(9-18(22)27)34-12-20(31-13-34)25(28,29)30/h3-4,7-9,12-13,16H,5-6,10-11H2,1-2H3/t16-/m0/s1. The van der Waals surface area contributed by atoms with Gasteiger partial charge < -0.3 is 23.3 Å². The predicted molar refractivity (Wildman–Crippen MR) is 125 cm³/mol. The summed E-state index contributed by atoms with van der Waals surface area (Å²) in [5, 5.41) is 0. The van der Waals surface area contributed by atoms with Gasteiger partial charge >= 0.3 is 12.3 Å². The number of aromatic nitrogens is 4. The molecule has 1 amide bonds. The Hall–Kier alpha value is -4.00. The minimum absolute atomic E-state index is 0.0255.